The highest BCUT2D eigenvalue weighted by molar-refractivity contribution is 6.64. The van der Waals surface area contributed by atoms with Crippen LogP contribution in [0.15, 0.2) is 42.2 Å². The van der Waals surface area contributed by atoms with Crippen LogP contribution in [0.3, 0.4) is 0 Å². The summed E-state index contributed by atoms with van der Waals surface area (Å²) < 4.78 is 12.5. The summed E-state index contributed by atoms with van der Waals surface area (Å²) in [5.74, 6) is 0.309. The van der Waals surface area contributed by atoms with Gasteiger partial charge < -0.3 is 15.1 Å². The van der Waals surface area contributed by atoms with Crippen LogP contribution in [-0.2, 0) is 0 Å². The highest BCUT2D eigenvalue weighted by atomic mass is 35.5. The third kappa shape index (κ3) is 6.30. The summed E-state index contributed by atoms with van der Waals surface area (Å²) in [5, 5.41) is 3.25. The van der Waals surface area contributed by atoms with Gasteiger partial charge in [-0.25, -0.2) is 9.38 Å². The Morgan fingerprint density at radius 1 is 1.56 bits per heavy atom. The maximum Gasteiger partial charge on any atom is 0.199 e. The highest BCUT2D eigenvalue weighted by Gasteiger charge is 2.04. The molecule has 0 aliphatic rings. The van der Waals surface area contributed by atoms with Crippen molar-refractivity contribution in [3.63, 3.8) is 0 Å². The predicted octanol–water partition coefficient (Wildman–Crippen LogP) is 2.83. The Balaban J connectivity index is 4.29. The molecule has 0 heterocycles. The van der Waals surface area contributed by atoms with Crippen LogP contribution in [0.25, 0.3) is 0 Å². The second kappa shape index (κ2) is 8.58. The van der Waals surface area contributed by atoms with Gasteiger partial charge in [-0.2, -0.15) is 0 Å². The first-order valence-electron chi connectivity index (χ1n) is 5.51. The van der Waals surface area contributed by atoms with E-state index in [9.17, 15) is 4.39 Å². The summed E-state index contributed by atoms with van der Waals surface area (Å²) in [6, 6.07) is 0. The van der Waals surface area contributed by atoms with Gasteiger partial charge in [-0.15, -0.1) is 0 Å². The van der Waals surface area contributed by atoms with Gasteiger partial charge in [0, 0.05) is 13.6 Å². The molecule has 0 spiro atoms. The first-order valence-corrected chi connectivity index (χ1v) is 5.88. The lowest BCUT2D eigenvalue weighted by molar-refractivity contribution is 0.399. The molecular weight excluding hydrogens is 255 g/mol. The van der Waals surface area contributed by atoms with Crippen molar-refractivity contribution in [2.24, 2.45) is 4.99 Å². The van der Waals surface area contributed by atoms with E-state index < -0.39 is 5.83 Å². The van der Waals surface area contributed by atoms with E-state index in [4.69, 9.17) is 11.6 Å². The van der Waals surface area contributed by atoms with Gasteiger partial charge in [0.05, 0.1) is 18.7 Å². The van der Waals surface area contributed by atoms with E-state index >= 15 is 0 Å². The molecule has 0 amide bonds. The van der Waals surface area contributed by atoms with Crippen molar-refractivity contribution in [3.8, 4) is 0 Å². The molecule has 4 nitrogen and oxygen atoms in total. The Morgan fingerprint density at radius 3 is 2.61 bits per heavy atom. The minimum atomic E-state index is -0.400. The van der Waals surface area contributed by atoms with Crippen molar-refractivity contribution in [2.75, 3.05) is 20.3 Å². The molecule has 6 heteroatoms. The number of aliphatic imine (C=N–C) groups is 1. The number of halogens is 2. The van der Waals surface area contributed by atoms with Crippen molar-refractivity contribution in [3.05, 3.63) is 37.2 Å². The Bertz CT molecular complexity index is 348. The maximum absolute atomic E-state index is 12.5. The van der Waals surface area contributed by atoms with Crippen LogP contribution in [0.5, 0.6) is 0 Å². The van der Waals surface area contributed by atoms with Gasteiger partial charge in [0.1, 0.15) is 5.83 Å². The number of nitrogens with one attached hydrogen (secondary N) is 1. The number of allylic oxidation sites excluding steroid dienone is 1. The Hall–Kier alpha value is -1.49. The van der Waals surface area contributed by atoms with Gasteiger partial charge in [0.25, 0.3) is 0 Å². The lowest BCUT2D eigenvalue weighted by Gasteiger charge is -2.24. The third-order valence-electron chi connectivity index (χ3n) is 2.09. The molecule has 0 saturated carbocycles. The molecule has 0 bridgehead atoms. The molecule has 0 aromatic heterocycles. The number of nitrogens with zero attached hydrogens (tertiary/aromatic N) is 3. The number of rotatable bonds is 7. The largest absolute Gasteiger partial charge is 0.354 e. The van der Waals surface area contributed by atoms with Crippen molar-refractivity contribution >= 4 is 16.9 Å². The molecule has 18 heavy (non-hydrogen) atoms. The molecular formula is C12H20ClFN4. The zero-order valence-electron chi connectivity index (χ0n) is 11.1. The Kier molecular flexibility index (Phi) is 7.87. The fourth-order valence-corrected chi connectivity index (χ4v) is 1.16. The fourth-order valence-electron chi connectivity index (χ4n) is 1.05. The van der Waals surface area contributed by atoms with Crippen LogP contribution in [0.4, 0.5) is 4.39 Å². The van der Waals surface area contributed by atoms with Crippen LogP contribution in [0, 0.1) is 0 Å². The average molecular weight is 275 g/mol. The van der Waals surface area contributed by atoms with Gasteiger partial charge in [-0.05, 0) is 31.6 Å². The van der Waals surface area contributed by atoms with E-state index in [-0.39, 0.29) is 5.29 Å². The first kappa shape index (κ1) is 16.5. The summed E-state index contributed by atoms with van der Waals surface area (Å²) in [7, 11) is 1.73. The SMILES string of the molecule is C=CN(CC)C(=C)NCN(C)/C(Cl)=N\C=C(/C)F. The topological polar surface area (TPSA) is 30.9 Å². The summed E-state index contributed by atoms with van der Waals surface area (Å²) >= 11 is 5.87. The van der Waals surface area contributed by atoms with Crippen molar-refractivity contribution in [2.45, 2.75) is 13.8 Å². The van der Waals surface area contributed by atoms with Crippen LogP contribution < -0.4 is 5.32 Å². The molecule has 0 saturated heterocycles. The summed E-state index contributed by atoms with van der Waals surface area (Å²) in [5.41, 5.74) is 0. The second-order valence-electron chi connectivity index (χ2n) is 3.56. The molecule has 0 radical (unpaired) electrons. The maximum atomic E-state index is 12.5. The molecule has 0 aromatic carbocycles. The normalized spacial score (nSPS) is 12.1. The molecule has 102 valence electrons. The lowest BCUT2D eigenvalue weighted by Crippen LogP contribution is -2.36. The van der Waals surface area contributed by atoms with E-state index in [0.717, 1.165) is 12.7 Å². The van der Waals surface area contributed by atoms with E-state index in [2.05, 4.69) is 23.5 Å². The molecule has 0 unspecified atom stereocenters. The van der Waals surface area contributed by atoms with Crippen LogP contribution in [-0.4, -0.2) is 35.4 Å². The Morgan fingerprint density at radius 2 is 2.17 bits per heavy atom. The molecule has 0 aliphatic carbocycles. The zero-order valence-corrected chi connectivity index (χ0v) is 11.8. The molecule has 0 rings (SSSR count). The van der Waals surface area contributed by atoms with Crippen molar-refractivity contribution in [1.82, 2.24) is 15.1 Å². The summed E-state index contributed by atoms with van der Waals surface area (Å²) in [6.07, 6.45) is 2.75. The molecule has 0 aromatic rings. The molecule has 0 aliphatic heterocycles. The van der Waals surface area contributed by atoms with Crippen LogP contribution in [0.1, 0.15) is 13.8 Å². The minimum absolute atomic E-state index is 0.189. The second-order valence-corrected chi connectivity index (χ2v) is 3.90. The molecule has 1 N–H and O–H groups in total. The fraction of sp³-hybridized carbons (Fsp3) is 0.417. The molecule has 0 fully saturated rings. The van der Waals surface area contributed by atoms with Crippen LogP contribution >= 0.6 is 11.6 Å². The number of amidine groups is 1. The van der Waals surface area contributed by atoms with Crippen molar-refractivity contribution < 1.29 is 4.39 Å². The van der Waals surface area contributed by atoms with E-state index in [0.29, 0.717) is 12.5 Å². The Labute approximate surface area is 113 Å². The minimum Gasteiger partial charge on any atom is -0.354 e. The zero-order chi connectivity index (χ0) is 14.1. The lowest BCUT2D eigenvalue weighted by atomic mass is 10.5. The van der Waals surface area contributed by atoms with E-state index in [1.165, 1.54) is 6.92 Å². The van der Waals surface area contributed by atoms with Crippen LogP contribution in [0.2, 0.25) is 0 Å². The quantitative estimate of drug-likeness (QED) is 0.335. The summed E-state index contributed by atoms with van der Waals surface area (Å²) in [4.78, 5) is 7.23. The van der Waals surface area contributed by atoms with Gasteiger partial charge in [0.2, 0.25) is 0 Å². The predicted molar refractivity (Wildman–Crippen MR) is 75.6 cm³/mol. The van der Waals surface area contributed by atoms with Gasteiger partial charge in [-0.1, -0.05) is 13.2 Å². The average Bonchev–Trinajstić information content (AvgIpc) is 2.34. The van der Waals surface area contributed by atoms with Gasteiger partial charge in [-0.3, -0.25) is 0 Å². The van der Waals surface area contributed by atoms with E-state index in [1.54, 1.807) is 18.1 Å². The first-order chi connectivity index (χ1) is 8.42. The monoisotopic (exact) mass is 274 g/mol. The third-order valence-corrected chi connectivity index (χ3v) is 2.48. The molecule has 0 atom stereocenters. The summed E-state index contributed by atoms with van der Waals surface area (Å²) in [6.45, 7) is 12.0. The smallest absolute Gasteiger partial charge is 0.199 e. The van der Waals surface area contributed by atoms with Gasteiger partial charge in [0.15, 0.2) is 5.29 Å². The highest BCUT2D eigenvalue weighted by Crippen LogP contribution is 2.00. The standard InChI is InChI=1S/C12H20ClFN4/c1-6-18(7-2)11(4)16-9-17(5)12(13)15-8-10(3)14/h6,8,16H,1,4,7,9H2,2-3,5H3/b10-8+,15-12-. The van der Waals surface area contributed by atoms with E-state index in [1.807, 2.05) is 11.8 Å². The number of hydrogen-bond acceptors (Lipinski definition) is 3. The van der Waals surface area contributed by atoms with Gasteiger partial charge >= 0.3 is 0 Å². The van der Waals surface area contributed by atoms with Crippen molar-refractivity contribution in [1.29, 1.82) is 0 Å². The number of hydrogen-bond donors (Lipinski definition) is 1.